The summed E-state index contributed by atoms with van der Waals surface area (Å²) in [6.45, 7) is 4.92. The molecule has 4 nitrogen and oxygen atoms in total. The molecule has 0 aromatic carbocycles. The van der Waals surface area contributed by atoms with Gasteiger partial charge in [0, 0.05) is 19.7 Å². The minimum absolute atomic E-state index is 0.0472. The average Bonchev–Trinajstić information content (AvgIpc) is 2.32. The Morgan fingerprint density at radius 3 is 2.06 bits per heavy atom. The van der Waals surface area contributed by atoms with Gasteiger partial charge in [-0.2, -0.15) is 0 Å². The van der Waals surface area contributed by atoms with Crippen molar-refractivity contribution < 1.29 is 13.5 Å². The van der Waals surface area contributed by atoms with E-state index in [9.17, 15) is 8.42 Å². The van der Waals surface area contributed by atoms with Crippen LogP contribution in [0.3, 0.4) is 0 Å². The van der Waals surface area contributed by atoms with Crippen LogP contribution < -0.4 is 0 Å². The number of hydrogen-bond acceptors (Lipinski definition) is 3. The number of aliphatic hydroxyl groups is 1. The first-order valence-electron chi connectivity index (χ1n) is 6.67. The predicted octanol–water partition coefficient (Wildman–Crippen LogP) is 1.99. The summed E-state index contributed by atoms with van der Waals surface area (Å²) in [5.41, 5.74) is 0. The van der Waals surface area contributed by atoms with E-state index in [0.29, 0.717) is 19.5 Å². The van der Waals surface area contributed by atoms with E-state index < -0.39 is 10.0 Å². The summed E-state index contributed by atoms with van der Waals surface area (Å²) >= 11 is 0. The zero-order chi connectivity index (χ0) is 13.1. The van der Waals surface area contributed by atoms with Gasteiger partial charge in [0.1, 0.15) is 0 Å². The highest BCUT2D eigenvalue weighted by Gasteiger charge is 2.18. The van der Waals surface area contributed by atoms with Crippen molar-refractivity contribution in [2.24, 2.45) is 0 Å². The van der Waals surface area contributed by atoms with Crippen LogP contribution in [0, 0.1) is 0 Å². The van der Waals surface area contributed by atoms with Crippen molar-refractivity contribution in [2.45, 2.75) is 52.4 Å². The topological polar surface area (TPSA) is 57.6 Å². The maximum Gasteiger partial charge on any atom is 0.213 e. The molecule has 0 aliphatic heterocycles. The Labute approximate surface area is 106 Å². The maximum atomic E-state index is 11.8. The van der Waals surface area contributed by atoms with E-state index in [0.717, 1.165) is 12.8 Å². The largest absolute Gasteiger partial charge is 0.396 e. The van der Waals surface area contributed by atoms with Gasteiger partial charge >= 0.3 is 0 Å². The van der Waals surface area contributed by atoms with E-state index in [1.807, 2.05) is 0 Å². The van der Waals surface area contributed by atoms with Crippen molar-refractivity contribution in [2.75, 3.05) is 25.4 Å². The third-order valence-electron chi connectivity index (χ3n) is 2.83. The summed E-state index contributed by atoms with van der Waals surface area (Å²) in [5, 5.41) is 8.77. The molecule has 0 unspecified atom stereocenters. The number of aliphatic hydroxyl groups excluding tert-OH is 1. The molecule has 0 aliphatic carbocycles. The molecule has 0 saturated heterocycles. The lowest BCUT2D eigenvalue weighted by Gasteiger charge is -2.20. The van der Waals surface area contributed by atoms with E-state index in [1.165, 1.54) is 23.6 Å². The fraction of sp³-hybridized carbons (Fsp3) is 1.00. The smallest absolute Gasteiger partial charge is 0.213 e. The van der Waals surface area contributed by atoms with Gasteiger partial charge in [0.05, 0.1) is 5.75 Å². The van der Waals surface area contributed by atoms with Crippen LogP contribution in [0.25, 0.3) is 0 Å². The van der Waals surface area contributed by atoms with Crippen molar-refractivity contribution in [1.82, 2.24) is 4.31 Å². The second-order valence-corrected chi connectivity index (χ2v) is 6.55. The summed E-state index contributed by atoms with van der Waals surface area (Å²) in [7, 11) is -3.10. The molecule has 0 amide bonds. The first kappa shape index (κ1) is 16.9. The number of rotatable bonds is 11. The van der Waals surface area contributed by atoms with Crippen molar-refractivity contribution in [3.8, 4) is 0 Å². The molecule has 0 bridgehead atoms. The summed E-state index contributed by atoms with van der Waals surface area (Å²) < 4.78 is 25.1. The van der Waals surface area contributed by atoms with Gasteiger partial charge in [-0.3, -0.25) is 0 Å². The number of sulfonamides is 1. The zero-order valence-corrected chi connectivity index (χ0v) is 12.0. The quantitative estimate of drug-likeness (QED) is 0.581. The van der Waals surface area contributed by atoms with E-state index in [2.05, 4.69) is 6.92 Å². The third kappa shape index (κ3) is 7.73. The van der Waals surface area contributed by atoms with Crippen LogP contribution in [0.1, 0.15) is 52.4 Å². The molecule has 0 atom stereocenters. The van der Waals surface area contributed by atoms with Gasteiger partial charge in [-0.1, -0.05) is 32.6 Å². The van der Waals surface area contributed by atoms with Gasteiger partial charge in [0.15, 0.2) is 0 Å². The fourth-order valence-corrected chi connectivity index (χ4v) is 2.89. The molecule has 0 aromatic rings. The van der Waals surface area contributed by atoms with Crippen LogP contribution in [0.4, 0.5) is 0 Å². The van der Waals surface area contributed by atoms with Crippen LogP contribution in [0.2, 0.25) is 0 Å². The highest BCUT2D eigenvalue weighted by atomic mass is 32.2. The zero-order valence-electron chi connectivity index (χ0n) is 11.2. The monoisotopic (exact) mass is 265 g/mol. The SMILES string of the molecule is CCCCCCCN(CCCO)S(=O)(=O)CC. The van der Waals surface area contributed by atoms with Gasteiger partial charge in [-0.05, 0) is 19.8 Å². The van der Waals surface area contributed by atoms with Crippen LogP contribution in [0.15, 0.2) is 0 Å². The molecule has 1 N–H and O–H groups in total. The molecule has 0 aromatic heterocycles. The Balaban J connectivity index is 4.03. The van der Waals surface area contributed by atoms with Gasteiger partial charge in [0.25, 0.3) is 0 Å². The highest BCUT2D eigenvalue weighted by Crippen LogP contribution is 2.08. The van der Waals surface area contributed by atoms with Crippen LogP contribution in [0.5, 0.6) is 0 Å². The van der Waals surface area contributed by atoms with E-state index in [1.54, 1.807) is 6.92 Å². The Morgan fingerprint density at radius 2 is 1.53 bits per heavy atom. The average molecular weight is 265 g/mol. The second kappa shape index (κ2) is 9.85. The van der Waals surface area contributed by atoms with Gasteiger partial charge in [-0.25, -0.2) is 12.7 Å². The first-order valence-corrected chi connectivity index (χ1v) is 8.28. The molecule has 0 saturated carbocycles. The minimum Gasteiger partial charge on any atom is -0.396 e. The van der Waals surface area contributed by atoms with Crippen LogP contribution in [-0.2, 0) is 10.0 Å². The van der Waals surface area contributed by atoms with Crippen LogP contribution >= 0.6 is 0 Å². The lowest BCUT2D eigenvalue weighted by molar-refractivity contribution is 0.268. The van der Waals surface area contributed by atoms with Crippen molar-refractivity contribution in [3.05, 3.63) is 0 Å². The normalized spacial score (nSPS) is 12.2. The molecule has 0 fully saturated rings. The number of nitrogens with zero attached hydrogens (tertiary/aromatic N) is 1. The molecule has 5 heteroatoms. The highest BCUT2D eigenvalue weighted by molar-refractivity contribution is 7.89. The van der Waals surface area contributed by atoms with E-state index in [4.69, 9.17) is 5.11 Å². The second-order valence-electron chi connectivity index (χ2n) is 4.29. The molecule has 0 radical (unpaired) electrons. The summed E-state index contributed by atoms with van der Waals surface area (Å²) in [6, 6.07) is 0. The molecule has 104 valence electrons. The maximum absolute atomic E-state index is 11.8. The Bertz CT molecular complexity index is 265. The minimum atomic E-state index is -3.10. The van der Waals surface area contributed by atoms with Crippen molar-refractivity contribution in [1.29, 1.82) is 0 Å². The van der Waals surface area contributed by atoms with Crippen molar-refractivity contribution >= 4 is 10.0 Å². The lowest BCUT2D eigenvalue weighted by Crippen LogP contribution is -2.34. The number of hydrogen-bond donors (Lipinski definition) is 1. The van der Waals surface area contributed by atoms with E-state index in [-0.39, 0.29) is 12.4 Å². The molecule has 0 spiro atoms. The Morgan fingerprint density at radius 1 is 0.941 bits per heavy atom. The standard InChI is InChI=1S/C12H27NO3S/c1-3-5-6-7-8-10-13(11-9-12-14)17(15,16)4-2/h14H,3-12H2,1-2H3. The van der Waals surface area contributed by atoms with Crippen molar-refractivity contribution in [3.63, 3.8) is 0 Å². The Kier molecular flexibility index (Phi) is 9.78. The molecular weight excluding hydrogens is 238 g/mol. The molecule has 0 aliphatic rings. The Hall–Kier alpha value is -0.130. The van der Waals surface area contributed by atoms with Crippen LogP contribution in [-0.4, -0.2) is 43.3 Å². The molecular formula is C12H27NO3S. The predicted molar refractivity (Wildman–Crippen MR) is 71.5 cm³/mol. The van der Waals surface area contributed by atoms with Gasteiger partial charge in [0.2, 0.25) is 10.0 Å². The lowest BCUT2D eigenvalue weighted by atomic mass is 10.1. The molecule has 0 rings (SSSR count). The molecule has 0 heterocycles. The summed E-state index contributed by atoms with van der Waals surface area (Å²) in [6.07, 6.45) is 6.12. The van der Waals surface area contributed by atoms with Gasteiger partial charge < -0.3 is 5.11 Å². The fourth-order valence-electron chi connectivity index (χ4n) is 1.71. The third-order valence-corrected chi connectivity index (χ3v) is 4.72. The van der Waals surface area contributed by atoms with Gasteiger partial charge in [-0.15, -0.1) is 0 Å². The van der Waals surface area contributed by atoms with E-state index >= 15 is 0 Å². The summed E-state index contributed by atoms with van der Waals surface area (Å²) in [5.74, 6) is 0.146. The summed E-state index contributed by atoms with van der Waals surface area (Å²) in [4.78, 5) is 0. The first-order chi connectivity index (χ1) is 8.08. The molecule has 17 heavy (non-hydrogen) atoms. The number of unbranched alkanes of at least 4 members (excludes halogenated alkanes) is 4.